The number of hydrogen-bond donors (Lipinski definition) is 1. The van der Waals surface area contributed by atoms with Crippen LogP contribution in [-0.4, -0.2) is 27.0 Å². The van der Waals surface area contributed by atoms with Crippen molar-refractivity contribution in [1.29, 1.82) is 0 Å². The van der Waals surface area contributed by atoms with Gasteiger partial charge in [0.15, 0.2) is 0 Å². The standard InChI is InChI=1S/C19H18FN2O3PS/c20-15-8-9-17-16(11-15)21-19(27-17)14-6-4-13(5-7-14)12-26(24,25)22-10-2-1-3-18(22)23/h4-9,11H,1-3,10,12H2,(H,24,25). The van der Waals surface area contributed by atoms with Crippen LogP contribution in [0.15, 0.2) is 42.5 Å². The molecule has 4 rings (SSSR count). The van der Waals surface area contributed by atoms with Crippen LogP contribution in [0.25, 0.3) is 20.8 Å². The Kier molecular flexibility index (Phi) is 4.84. The van der Waals surface area contributed by atoms with Crippen molar-refractivity contribution in [2.75, 3.05) is 6.54 Å². The molecule has 27 heavy (non-hydrogen) atoms. The molecule has 2 aromatic carbocycles. The van der Waals surface area contributed by atoms with Crippen molar-refractivity contribution in [1.82, 2.24) is 9.65 Å². The average Bonchev–Trinajstić information content (AvgIpc) is 3.05. The van der Waals surface area contributed by atoms with E-state index in [0.717, 1.165) is 32.8 Å². The van der Waals surface area contributed by atoms with Crippen molar-refractivity contribution in [3.63, 3.8) is 0 Å². The van der Waals surface area contributed by atoms with Crippen LogP contribution in [-0.2, 0) is 15.5 Å². The molecule has 1 amide bonds. The fourth-order valence-corrected chi connectivity index (χ4v) is 5.93. The molecule has 1 aromatic heterocycles. The summed E-state index contributed by atoms with van der Waals surface area (Å²) in [5.41, 5.74) is 2.17. The summed E-state index contributed by atoms with van der Waals surface area (Å²) in [4.78, 5) is 26.8. The molecule has 140 valence electrons. The Bertz CT molecular complexity index is 1050. The van der Waals surface area contributed by atoms with Gasteiger partial charge < -0.3 is 4.89 Å². The number of carbonyl (C=O) groups is 1. The molecule has 1 N–H and O–H groups in total. The van der Waals surface area contributed by atoms with Crippen molar-refractivity contribution in [3.05, 3.63) is 53.8 Å². The number of amides is 1. The lowest BCUT2D eigenvalue weighted by atomic mass is 10.1. The second-order valence-electron chi connectivity index (χ2n) is 6.62. The minimum absolute atomic E-state index is 0.0654. The Morgan fingerprint density at radius 2 is 1.96 bits per heavy atom. The van der Waals surface area contributed by atoms with Gasteiger partial charge in [-0.1, -0.05) is 24.3 Å². The Morgan fingerprint density at radius 1 is 1.19 bits per heavy atom. The van der Waals surface area contributed by atoms with Crippen LogP contribution in [0.4, 0.5) is 4.39 Å². The summed E-state index contributed by atoms with van der Waals surface area (Å²) in [5.74, 6) is -0.564. The van der Waals surface area contributed by atoms with E-state index in [4.69, 9.17) is 0 Å². The molecule has 1 fully saturated rings. The number of nitrogens with zero attached hydrogens (tertiary/aromatic N) is 2. The summed E-state index contributed by atoms with van der Waals surface area (Å²) in [6, 6.07) is 11.7. The van der Waals surface area contributed by atoms with Crippen molar-refractivity contribution >= 4 is 35.0 Å². The number of piperidine rings is 1. The summed E-state index contributed by atoms with van der Waals surface area (Å²) in [6.45, 7) is 0.340. The smallest absolute Gasteiger partial charge is 0.300 e. The SMILES string of the molecule is O=C1CCCCN1P(=O)(O)Cc1ccc(-c2nc3cc(F)ccc3s2)cc1. The van der Waals surface area contributed by atoms with E-state index < -0.39 is 7.52 Å². The first kappa shape index (κ1) is 18.3. The highest BCUT2D eigenvalue weighted by Gasteiger charge is 2.33. The monoisotopic (exact) mass is 404 g/mol. The Labute approximate surface area is 160 Å². The molecule has 1 atom stereocenters. The predicted molar refractivity (Wildman–Crippen MR) is 104 cm³/mol. The first-order chi connectivity index (χ1) is 12.9. The number of halogens is 1. The summed E-state index contributed by atoms with van der Waals surface area (Å²) >= 11 is 1.47. The summed E-state index contributed by atoms with van der Waals surface area (Å²) in [6.07, 6.45) is 1.80. The number of thiazole rings is 1. The van der Waals surface area contributed by atoms with Gasteiger partial charge in [0, 0.05) is 24.6 Å². The predicted octanol–water partition coefficient (Wildman–Crippen LogP) is 4.80. The van der Waals surface area contributed by atoms with Gasteiger partial charge >= 0.3 is 0 Å². The van der Waals surface area contributed by atoms with Gasteiger partial charge in [0.2, 0.25) is 5.91 Å². The second-order valence-corrected chi connectivity index (χ2v) is 9.78. The zero-order chi connectivity index (χ0) is 19.0. The van der Waals surface area contributed by atoms with Gasteiger partial charge in [-0.2, -0.15) is 0 Å². The molecule has 1 unspecified atom stereocenters. The fraction of sp³-hybridized carbons (Fsp3) is 0.263. The molecule has 5 nitrogen and oxygen atoms in total. The molecule has 1 saturated heterocycles. The van der Waals surface area contributed by atoms with Crippen LogP contribution < -0.4 is 0 Å². The maximum atomic E-state index is 13.3. The topological polar surface area (TPSA) is 70.5 Å². The molecule has 1 aliphatic heterocycles. The molecule has 0 bridgehead atoms. The van der Waals surface area contributed by atoms with Gasteiger partial charge in [-0.25, -0.2) is 9.37 Å². The minimum atomic E-state index is -3.73. The number of hydrogen-bond acceptors (Lipinski definition) is 4. The van der Waals surface area contributed by atoms with Crippen molar-refractivity contribution in [2.45, 2.75) is 25.4 Å². The number of rotatable bonds is 4. The number of benzene rings is 2. The molecule has 8 heteroatoms. The van der Waals surface area contributed by atoms with Gasteiger partial charge in [0.25, 0.3) is 7.52 Å². The minimum Gasteiger partial charge on any atom is -0.329 e. The normalized spacial score (nSPS) is 17.3. The number of aromatic nitrogens is 1. The third-order valence-electron chi connectivity index (χ3n) is 4.61. The largest absolute Gasteiger partial charge is 0.329 e. The van der Waals surface area contributed by atoms with Crippen LogP contribution in [0, 0.1) is 5.82 Å². The average molecular weight is 404 g/mol. The van der Waals surface area contributed by atoms with E-state index in [1.807, 2.05) is 12.1 Å². The Balaban J connectivity index is 1.54. The van der Waals surface area contributed by atoms with Gasteiger partial charge in [-0.15, -0.1) is 11.3 Å². The highest BCUT2D eigenvalue weighted by atomic mass is 32.1. The van der Waals surface area contributed by atoms with E-state index in [-0.39, 0.29) is 17.9 Å². The highest BCUT2D eigenvalue weighted by Crippen LogP contribution is 2.50. The van der Waals surface area contributed by atoms with Crippen LogP contribution in [0.3, 0.4) is 0 Å². The van der Waals surface area contributed by atoms with E-state index in [1.165, 1.54) is 23.5 Å². The molecule has 0 aliphatic carbocycles. The van der Waals surface area contributed by atoms with E-state index in [1.54, 1.807) is 18.2 Å². The van der Waals surface area contributed by atoms with E-state index in [2.05, 4.69) is 4.98 Å². The van der Waals surface area contributed by atoms with Crippen LogP contribution >= 0.6 is 18.9 Å². The van der Waals surface area contributed by atoms with Gasteiger partial charge in [-0.05, 0) is 30.5 Å². The summed E-state index contributed by atoms with van der Waals surface area (Å²) in [5, 5.41) is 0.764. The van der Waals surface area contributed by atoms with Gasteiger partial charge in [0.1, 0.15) is 10.8 Å². The lowest BCUT2D eigenvalue weighted by Crippen LogP contribution is -2.32. The quantitative estimate of drug-likeness (QED) is 0.634. The van der Waals surface area contributed by atoms with Gasteiger partial charge in [-0.3, -0.25) is 14.0 Å². The maximum absolute atomic E-state index is 13.3. The zero-order valence-electron chi connectivity index (χ0n) is 14.5. The lowest BCUT2D eigenvalue weighted by molar-refractivity contribution is -0.128. The maximum Gasteiger partial charge on any atom is 0.300 e. The molecule has 0 radical (unpaired) electrons. The first-order valence-corrected chi connectivity index (χ1v) is 11.3. The summed E-state index contributed by atoms with van der Waals surface area (Å²) < 4.78 is 28.0. The molecule has 0 saturated carbocycles. The van der Waals surface area contributed by atoms with E-state index >= 15 is 0 Å². The van der Waals surface area contributed by atoms with Crippen LogP contribution in [0.5, 0.6) is 0 Å². The number of fused-ring (bicyclic) bond motifs is 1. The molecule has 0 spiro atoms. The Morgan fingerprint density at radius 3 is 2.70 bits per heavy atom. The third-order valence-corrected chi connectivity index (χ3v) is 7.65. The van der Waals surface area contributed by atoms with Gasteiger partial charge in [0.05, 0.1) is 16.4 Å². The van der Waals surface area contributed by atoms with E-state index in [0.29, 0.717) is 24.0 Å². The molecule has 3 aromatic rings. The summed E-state index contributed by atoms with van der Waals surface area (Å²) in [7, 11) is -3.73. The molecule has 1 aliphatic rings. The van der Waals surface area contributed by atoms with Crippen molar-refractivity contribution in [3.8, 4) is 10.6 Å². The van der Waals surface area contributed by atoms with Crippen molar-refractivity contribution < 1.29 is 18.6 Å². The zero-order valence-corrected chi connectivity index (χ0v) is 16.2. The molecule has 2 heterocycles. The van der Waals surface area contributed by atoms with Crippen LogP contribution in [0.2, 0.25) is 0 Å². The van der Waals surface area contributed by atoms with E-state index in [9.17, 15) is 18.6 Å². The lowest BCUT2D eigenvalue weighted by Gasteiger charge is -2.30. The first-order valence-electron chi connectivity index (χ1n) is 8.70. The second kappa shape index (κ2) is 7.15. The van der Waals surface area contributed by atoms with Crippen LogP contribution in [0.1, 0.15) is 24.8 Å². The molecular formula is C19H18FN2O3PS. The Hall–Kier alpha value is -2.08. The number of carbonyl (C=O) groups excluding carboxylic acids is 1. The molecular weight excluding hydrogens is 386 g/mol. The third kappa shape index (κ3) is 3.81. The van der Waals surface area contributed by atoms with Crippen molar-refractivity contribution in [2.24, 2.45) is 0 Å². The highest BCUT2D eigenvalue weighted by molar-refractivity contribution is 7.55. The fourth-order valence-electron chi connectivity index (χ4n) is 3.22.